The SMILES string of the molecule is N#CCc1ccc(NC(=O)COC(=O)c2cncc(Br)c2)cc1. The van der Waals surface area contributed by atoms with Gasteiger partial charge in [-0.3, -0.25) is 9.78 Å². The summed E-state index contributed by atoms with van der Waals surface area (Å²) in [6.07, 6.45) is 3.21. The van der Waals surface area contributed by atoms with E-state index in [1.54, 1.807) is 36.5 Å². The van der Waals surface area contributed by atoms with Crippen molar-refractivity contribution in [1.29, 1.82) is 5.26 Å². The minimum Gasteiger partial charge on any atom is -0.452 e. The number of anilines is 1. The Hall–Kier alpha value is -2.72. The van der Waals surface area contributed by atoms with E-state index in [1.807, 2.05) is 6.07 Å². The van der Waals surface area contributed by atoms with Crippen LogP contribution >= 0.6 is 15.9 Å². The van der Waals surface area contributed by atoms with Gasteiger partial charge in [-0.05, 0) is 39.7 Å². The monoisotopic (exact) mass is 373 g/mol. The Morgan fingerprint density at radius 3 is 2.65 bits per heavy atom. The molecule has 0 aliphatic heterocycles. The van der Waals surface area contributed by atoms with Crippen molar-refractivity contribution < 1.29 is 14.3 Å². The summed E-state index contributed by atoms with van der Waals surface area (Å²) in [6, 6.07) is 10.5. The largest absolute Gasteiger partial charge is 0.452 e. The van der Waals surface area contributed by atoms with Crippen LogP contribution in [0.15, 0.2) is 47.2 Å². The Labute approximate surface area is 141 Å². The van der Waals surface area contributed by atoms with Crippen LogP contribution < -0.4 is 5.32 Å². The Balaban J connectivity index is 1.85. The Morgan fingerprint density at radius 1 is 1.26 bits per heavy atom. The Kier molecular flexibility index (Phi) is 5.83. The molecule has 2 rings (SSSR count). The van der Waals surface area contributed by atoms with E-state index in [1.165, 1.54) is 6.20 Å². The summed E-state index contributed by atoms with van der Waals surface area (Å²) in [5, 5.41) is 11.2. The number of ether oxygens (including phenoxy) is 1. The summed E-state index contributed by atoms with van der Waals surface area (Å²) in [7, 11) is 0. The highest BCUT2D eigenvalue weighted by Crippen LogP contribution is 2.11. The number of pyridine rings is 1. The van der Waals surface area contributed by atoms with Crippen molar-refractivity contribution in [3.63, 3.8) is 0 Å². The lowest BCUT2D eigenvalue weighted by Crippen LogP contribution is -2.21. The van der Waals surface area contributed by atoms with Crippen LogP contribution in [0.3, 0.4) is 0 Å². The van der Waals surface area contributed by atoms with Crippen LogP contribution in [0.25, 0.3) is 0 Å². The fraction of sp³-hybridized carbons (Fsp3) is 0.125. The molecular formula is C16H12BrN3O3. The average molecular weight is 374 g/mol. The molecule has 0 unspecified atom stereocenters. The summed E-state index contributed by atoms with van der Waals surface area (Å²) >= 11 is 3.20. The van der Waals surface area contributed by atoms with E-state index < -0.39 is 18.5 Å². The topological polar surface area (TPSA) is 92.1 Å². The second-order valence-electron chi connectivity index (χ2n) is 4.55. The van der Waals surface area contributed by atoms with E-state index in [4.69, 9.17) is 10.00 Å². The predicted molar refractivity (Wildman–Crippen MR) is 86.6 cm³/mol. The van der Waals surface area contributed by atoms with Crippen LogP contribution in [0, 0.1) is 11.3 Å². The van der Waals surface area contributed by atoms with Crippen molar-refractivity contribution in [2.24, 2.45) is 0 Å². The molecule has 0 spiro atoms. The van der Waals surface area contributed by atoms with Crippen molar-refractivity contribution in [1.82, 2.24) is 4.98 Å². The van der Waals surface area contributed by atoms with E-state index >= 15 is 0 Å². The number of hydrogen-bond acceptors (Lipinski definition) is 5. The molecule has 116 valence electrons. The molecule has 1 aromatic carbocycles. The molecule has 1 N–H and O–H groups in total. The Morgan fingerprint density at radius 2 is 2.00 bits per heavy atom. The van der Waals surface area contributed by atoms with Crippen LogP contribution in [-0.4, -0.2) is 23.5 Å². The molecule has 6 nitrogen and oxygen atoms in total. The molecule has 1 heterocycles. The van der Waals surface area contributed by atoms with Crippen molar-refractivity contribution in [2.45, 2.75) is 6.42 Å². The van der Waals surface area contributed by atoms with Gasteiger partial charge in [0.15, 0.2) is 6.61 Å². The van der Waals surface area contributed by atoms with Crippen molar-refractivity contribution in [3.05, 3.63) is 58.3 Å². The van der Waals surface area contributed by atoms with E-state index in [9.17, 15) is 9.59 Å². The zero-order chi connectivity index (χ0) is 16.7. The fourth-order valence-corrected chi connectivity index (χ4v) is 2.10. The molecule has 0 saturated carbocycles. The average Bonchev–Trinajstić information content (AvgIpc) is 2.55. The number of nitrogens with one attached hydrogen (secondary N) is 1. The van der Waals surface area contributed by atoms with Crippen LogP contribution in [-0.2, 0) is 16.0 Å². The minimum atomic E-state index is -0.627. The predicted octanol–water partition coefficient (Wildman–Crippen LogP) is 2.71. The van der Waals surface area contributed by atoms with Gasteiger partial charge < -0.3 is 10.1 Å². The highest BCUT2D eigenvalue weighted by atomic mass is 79.9. The molecule has 1 amide bonds. The van der Waals surface area contributed by atoms with Crippen molar-refractivity contribution >= 4 is 33.5 Å². The highest BCUT2D eigenvalue weighted by molar-refractivity contribution is 9.10. The Bertz CT molecular complexity index is 754. The van der Waals surface area contributed by atoms with Crippen LogP contribution in [0.5, 0.6) is 0 Å². The first-order chi connectivity index (χ1) is 11.1. The maximum Gasteiger partial charge on any atom is 0.340 e. The lowest BCUT2D eigenvalue weighted by Gasteiger charge is -2.07. The second kappa shape index (κ2) is 8.06. The minimum absolute atomic E-state index is 0.257. The number of hydrogen-bond donors (Lipinski definition) is 1. The number of rotatable bonds is 5. The summed E-state index contributed by atoms with van der Waals surface area (Å²) in [5.41, 5.74) is 1.68. The van der Waals surface area contributed by atoms with Crippen LogP contribution in [0.2, 0.25) is 0 Å². The highest BCUT2D eigenvalue weighted by Gasteiger charge is 2.11. The summed E-state index contributed by atoms with van der Waals surface area (Å²) < 4.78 is 5.57. The molecule has 0 radical (unpaired) electrons. The molecule has 23 heavy (non-hydrogen) atoms. The first kappa shape index (κ1) is 16.6. The molecule has 0 aliphatic carbocycles. The lowest BCUT2D eigenvalue weighted by atomic mass is 10.1. The van der Waals surface area contributed by atoms with Crippen molar-refractivity contribution in [2.75, 3.05) is 11.9 Å². The summed E-state index contributed by atoms with van der Waals surface area (Å²) in [6.45, 7) is -0.398. The van der Waals surface area contributed by atoms with Gasteiger partial charge in [-0.25, -0.2) is 4.79 Å². The maximum absolute atomic E-state index is 11.8. The molecule has 0 aliphatic rings. The number of esters is 1. The molecule has 0 atom stereocenters. The number of carbonyl (C=O) groups is 2. The van der Waals surface area contributed by atoms with Gasteiger partial charge in [0.05, 0.1) is 18.1 Å². The third kappa shape index (κ3) is 5.20. The molecule has 7 heteroatoms. The molecular weight excluding hydrogens is 362 g/mol. The first-order valence-corrected chi connectivity index (χ1v) is 7.41. The zero-order valence-electron chi connectivity index (χ0n) is 12.0. The van der Waals surface area contributed by atoms with Gasteiger partial charge in [0.2, 0.25) is 0 Å². The second-order valence-corrected chi connectivity index (χ2v) is 5.46. The smallest absolute Gasteiger partial charge is 0.340 e. The van der Waals surface area contributed by atoms with Gasteiger partial charge in [0, 0.05) is 22.6 Å². The van der Waals surface area contributed by atoms with E-state index in [0.29, 0.717) is 16.6 Å². The van der Waals surface area contributed by atoms with E-state index in [0.717, 1.165) is 5.56 Å². The standard InChI is InChI=1S/C16H12BrN3O3/c17-13-7-12(8-19-9-13)16(22)23-10-15(21)20-14-3-1-11(2-4-14)5-6-18/h1-4,7-9H,5,10H2,(H,20,21). The molecule has 0 bridgehead atoms. The van der Waals surface area contributed by atoms with Gasteiger partial charge in [0.25, 0.3) is 5.91 Å². The molecule has 0 fully saturated rings. The van der Waals surface area contributed by atoms with Gasteiger partial charge in [0.1, 0.15) is 0 Å². The van der Waals surface area contributed by atoms with Gasteiger partial charge >= 0.3 is 5.97 Å². The van der Waals surface area contributed by atoms with Crippen molar-refractivity contribution in [3.8, 4) is 6.07 Å². The quantitative estimate of drug-likeness (QED) is 0.813. The first-order valence-electron chi connectivity index (χ1n) is 6.62. The number of amides is 1. The van der Waals surface area contributed by atoms with Gasteiger partial charge in [-0.2, -0.15) is 5.26 Å². The number of halogens is 1. The third-order valence-electron chi connectivity index (χ3n) is 2.80. The van der Waals surface area contributed by atoms with E-state index in [-0.39, 0.29) is 5.56 Å². The number of nitrogens with zero attached hydrogens (tertiary/aromatic N) is 2. The lowest BCUT2D eigenvalue weighted by molar-refractivity contribution is -0.119. The molecule has 2 aromatic rings. The van der Waals surface area contributed by atoms with Gasteiger partial charge in [-0.1, -0.05) is 12.1 Å². The van der Waals surface area contributed by atoms with E-state index in [2.05, 4.69) is 26.2 Å². The van der Waals surface area contributed by atoms with Gasteiger partial charge in [-0.15, -0.1) is 0 Å². The molecule has 0 saturated heterocycles. The third-order valence-corrected chi connectivity index (χ3v) is 3.23. The number of nitriles is 1. The zero-order valence-corrected chi connectivity index (χ0v) is 13.5. The van der Waals surface area contributed by atoms with Crippen LogP contribution in [0.1, 0.15) is 15.9 Å². The summed E-state index contributed by atoms with van der Waals surface area (Å²) in [4.78, 5) is 27.4. The maximum atomic E-state index is 11.8. The number of carbonyl (C=O) groups excluding carboxylic acids is 2. The number of benzene rings is 1. The normalized spacial score (nSPS) is 9.74. The molecule has 1 aromatic heterocycles. The summed E-state index contributed by atoms with van der Waals surface area (Å²) in [5.74, 6) is -1.08. The fourth-order valence-electron chi connectivity index (χ4n) is 1.73. The van der Waals surface area contributed by atoms with Crippen LogP contribution in [0.4, 0.5) is 5.69 Å². The number of aromatic nitrogens is 1.